The van der Waals surface area contributed by atoms with Crippen LogP contribution in [0.15, 0.2) is 0 Å². The van der Waals surface area contributed by atoms with E-state index in [4.69, 9.17) is 0 Å². The Morgan fingerprint density at radius 2 is 1.80 bits per heavy atom. The van der Waals surface area contributed by atoms with E-state index in [-0.39, 0.29) is 12.0 Å². The molecule has 0 saturated carbocycles. The van der Waals surface area contributed by atoms with Gasteiger partial charge in [0.05, 0.1) is 6.04 Å². The van der Waals surface area contributed by atoms with Crippen LogP contribution in [-0.2, 0) is 4.79 Å². The largest absolute Gasteiger partial charge is 0.298 e. The molecule has 0 aliphatic carbocycles. The zero-order valence-corrected chi connectivity index (χ0v) is 10.8. The molecule has 1 fully saturated rings. The topological polar surface area (TPSA) is 20.3 Å². The van der Waals surface area contributed by atoms with Crippen LogP contribution >= 0.6 is 0 Å². The number of piperidine rings is 1. The maximum absolute atomic E-state index is 12.1. The highest BCUT2D eigenvalue weighted by Crippen LogP contribution is 2.27. The molecule has 0 N–H and O–H groups in total. The molecule has 0 aromatic heterocycles. The maximum atomic E-state index is 12.1. The Bertz CT molecular complexity index is 223. The van der Waals surface area contributed by atoms with E-state index in [1.807, 2.05) is 13.8 Å². The SMILES string of the molecule is CC(C)C(=O)[C@@H]1CCCC(C)N1C(C)C. The van der Waals surface area contributed by atoms with Crippen molar-refractivity contribution in [3.05, 3.63) is 0 Å². The summed E-state index contributed by atoms with van der Waals surface area (Å²) in [5, 5.41) is 0. The molecular formula is C13H25NO. The summed E-state index contributed by atoms with van der Waals surface area (Å²) in [6.45, 7) is 10.7. The van der Waals surface area contributed by atoms with E-state index in [1.54, 1.807) is 0 Å². The van der Waals surface area contributed by atoms with Crippen LogP contribution in [0.5, 0.6) is 0 Å². The van der Waals surface area contributed by atoms with E-state index in [2.05, 4.69) is 25.7 Å². The monoisotopic (exact) mass is 211 g/mol. The molecule has 2 heteroatoms. The molecule has 1 saturated heterocycles. The Balaban J connectivity index is 2.79. The van der Waals surface area contributed by atoms with Crippen molar-refractivity contribution in [3.8, 4) is 0 Å². The Labute approximate surface area is 94.0 Å². The second-order valence-electron chi connectivity index (χ2n) is 5.39. The molecule has 2 nitrogen and oxygen atoms in total. The Hall–Kier alpha value is -0.370. The first-order chi connectivity index (χ1) is 6.95. The molecular weight excluding hydrogens is 186 g/mol. The average molecular weight is 211 g/mol. The van der Waals surface area contributed by atoms with Crippen LogP contribution in [0.2, 0.25) is 0 Å². The first-order valence-corrected chi connectivity index (χ1v) is 6.26. The van der Waals surface area contributed by atoms with Gasteiger partial charge in [-0.05, 0) is 40.0 Å². The molecule has 1 aliphatic rings. The highest BCUT2D eigenvalue weighted by Gasteiger charge is 2.34. The van der Waals surface area contributed by atoms with Gasteiger partial charge >= 0.3 is 0 Å². The van der Waals surface area contributed by atoms with Crippen LogP contribution in [0.1, 0.15) is 53.9 Å². The second kappa shape index (κ2) is 5.11. The van der Waals surface area contributed by atoms with E-state index in [1.165, 1.54) is 12.8 Å². The molecule has 2 atom stereocenters. The number of likely N-dealkylation sites (tertiary alicyclic amines) is 1. The minimum atomic E-state index is 0.168. The van der Waals surface area contributed by atoms with Crippen molar-refractivity contribution >= 4 is 5.78 Å². The van der Waals surface area contributed by atoms with Crippen LogP contribution in [0.4, 0.5) is 0 Å². The van der Waals surface area contributed by atoms with Crippen LogP contribution in [0, 0.1) is 5.92 Å². The minimum absolute atomic E-state index is 0.168. The van der Waals surface area contributed by atoms with Crippen molar-refractivity contribution in [1.29, 1.82) is 0 Å². The first kappa shape index (κ1) is 12.7. The van der Waals surface area contributed by atoms with Gasteiger partial charge in [0.15, 0.2) is 5.78 Å². The van der Waals surface area contributed by atoms with Crippen LogP contribution in [0.3, 0.4) is 0 Å². The van der Waals surface area contributed by atoms with Gasteiger partial charge < -0.3 is 0 Å². The van der Waals surface area contributed by atoms with E-state index in [0.717, 1.165) is 6.42 Å². The lowest BCUT2D eigenvalue weighted by molar-refractivity contribution is -0.130. The maximum Gasteiger partial charge on any atom is 0.152 e. The predicted octanol–water partition coefficient (Wildman–Crippen LogP) is 2.86. The van der Waals surface area contributed by atoms with Gasteiger partial charge in [-0.2, -0.15) is 0 Å². The third-order valence-electron chi connectivity index (χ3n) is 3.46. The predicted molar refractivity (Wildman–Crippen MR) is 63.9 cm³/mol. The summed E-state index contributed by atoms with van der Waals surface area (Å²) in [5.41, 5.74) is 0. The number of hydrogen-bond donors (Lipinski definition) is 0. The van der Waals surface area contributed by atoms with E-state index in [0.29, 0.717) is 17.9 Å². The summed E-state index contributed by atoms with van der Waals surface area (Å²) in [6, 6.07) is 1.22. The van der Waals surface area contributed by atoms with Gasteiger partial charge in [-0.3, -0.25) is 9.69 Å². The summed E-state index contributed by atoms with van der Waals surface area (Å²) in [4.78, 5) is 14.5. The summed E-state index contributed by atoms with van der Waals surface area (Å²) in [7, 11) is 0. The van der Waals surface area contributed by atoms with Crippen LogP contribution in [0.25, 0.3) is 0 Å². The summed E-state index contributed by atoms with van der Waals surface area (Å²) < 4.78 is 0. The zero-order valence-electron chi connectivity index (χ0n) is 10.8. The molecule has 0 amide bonds. The fourth-order valence-electron chi connectivity index (χ4n) is 2.75. The van der Waals surface area contributed by atoms with Gasteiger partial charge in [-0.1, -0.05) is 13.8 Å². The smallest absolute Gasteiger partial charge is 0.152 e. The van der Waals surface area contributed by atoms with E-state index >= 15 is 0 Å². The second-order valence-corrected chi connectivity index (χ2v) is 5.39. The third kappa shape index (κ3) is 2.81. The first-order valence-electron chi connectivity index (χ1n) is 6.26. The summed E-state index contributed by atoms with van der Waals surface area (Å²) in [5.74, 6) is 0.594. The van der Waals surface area contributed by atoms with Gasteiger partial charge in [0.1, 0.15) is 0 Å². The molecule has 88 valence electrons. The number of hydrogen-bond acceptors (Lipinski definition) is 2. The summed E-state index contributed by atoms with van der Waals surface area (Å²) >= 11 is 0. The minimum Gasteiger partial charge on any atom is -0.298 e. The van der Waals surface area contributed by atoms with Gasteiger partial charge in [0, 0.05) is 18.0 Å². The van der Waals surface area contributed by atoms with E-state index < -0.39 is 0 Å². The molecule has 1 rings (SSSR count). The number of ketones is 1. The van der Waals surface area contributed by atoms with Gasteiger partial charge in [0.2, 0.25) is 0 Å². The highest BCUT2D eigenvalue weighted by atomic mass is 16.1. The zero-order chi connectivity index (χ0) is 11.6. The number of Topliss-reactive ketones (excluding diaryl/α,β-unsaturated/α-hetero) is 1. The fourth-order valence-corrected chi connectivity index (χ4v) is 2.75. The van der Waals surface area contributed by atoms with Crippen molar-refractivity contribution in [3.63, 3.8) is 0 Å². The lowest BCUT2D eigenvalue weighted by Gasteiger charge is -2.43. The standard InChI is InChI=1S/C13H25NO/c1-9(2)13(15)12-8-6-7-11(5)14(12)10(3)4/h9-12H,6-8H2,1-5H3/t11?,12-/m0/s1. The Kier molecular flexibility index (Phi) is 4.32. The fraction of sp³-hybridized carbons (Fsp3) is 0.923. The molecule has 0 bridgehead atoms. The summed E-state index contributed by atoms with van der Waals surface area (Å²) in [6.07, 6.45) is 3.49. The molecule has 1 heterocycles. The van der Waals surface area contributed by atoms with Crippen molar-refractivity contribution in [2.75, 3.05) is 0 Å². The van der Waals surface area contributed by atoms with Crippen molar-refractivity contribution in [1.82, 2.24) is 4.90 Å². The van der Waals surface area contributed by atoms with Gasteiger partial charge in [0.25, 0.3) is 0 Å². The van der Waals surface area contributed by atoms with Crippen molar-refractivity contribution < 1.29 is 4.79 Å². The van der Waals surface area contributed by atoms with Crippen LogP contribution < -0.4 is 0 Å². The quantitative estimate of drug-likeness (QED) is 0.715. The third-order valence-corrected chi connectivity index (χ3v) is 3.46. The normalized spacial score (nSPS) is 28.7. The van der Waals surface area contributed by atoms with Gasteiger partial charge in [-0.25, -0.2) is 0 Å². The van der Waals surface area contributed by atoms with Crippen molar-refractivity contribution in [2.45, 2.75) is 72.0 Å². The Morgan fingerprint density at radius 1 is 1.20 bits per heavy atom. The lowest BCUT2D eigenvalue weighted by Crippen LogP contribution is -2.53. The molecule has 1 unspecified atom stereocenters. The molecule has 0 aromatic carbocycles. The molecule has 0 radical (unpaired) electrons. The molecule has 0 aromatic rings. The highest BCUT2D eigenvalue weighted by molar-refractivity contribution is 5.85. The molecule has 15 heavy (non-hydrogen) atoms. The van der Waals surface area contributed by atoms with Crippen molar-refractivity contribution in [2.24, 2.45) is 5.92 Å². The Morgan fingerprint density at radius 3 is 2.27 bits per heavy atom. The van der Waals surface area contributed by atoms with Gasteiger partial charge in [-0.15, -0.1) is 0 Å². The average Bonchev–Trinajstić information content (AvgIpc) is 2.15. The van der Waals surface area contributed by atoms with Crippen LogP contribution in [-0.4, -0.2) is 28.8 Å². The lowest BCUT2D eigenvalue weighted by atomic mass is 9.88. The number of rotatable bonds is 3. The molecule has 1 aliphatic heterocycles. The number of carbonyl (C=O) groups is 1. The number of carbonyl (C=O) groups excluding carboxylic acids is 1. The number of nitrogens with zero attached hydrogens (tertiary/aromatic N) is 1. The van der Waals surface area contributed by atoms with E-state index in [9.17, 15) is 4.79 Å². The molecule has 0 spiro atoms.